The maximum Gasteiger partial charge on any atom is 0.174 e. The normalized spacial score (nSPS) is 14.9. The summed E-state index contributed by atoms with van der Waals surface area (Å²) in [6, 6.07) is 4.62. The number of carbonyl (C=O) groups is 1. The molecular formula is C26H30O6. The van der Waals surface area contributed by atoms with Crippen molar-refractivity contribution in [2.75, 3.05) is 7.11 Å². The predicted octanol–water partition coefficient (Wildman–Crippen LogP) is 5.54. The summed E-state index contributed by atoms with van der Waals surface area (Å²) in [4.78, 5) is 13.0. The van der Waals surface area contributed by atoms with Crippen molar-refractivity contribution >= 4 is 5.78 Å². The Morgan fingerprint density at radius 2 is 1.66 bits per heavy atom. The second kappa shape index (κ2) is 9.39. The van der Waals surface area contributed by atoms with Gasteiger partial charge in [0.05, 0.1) is 13.5 Å². The van der Waals surface area contributed by atoms with E-state index in [0.29, 0.717) is 35.3 Å². The smallest absolute Gasteiger partial charge is 0.174 e. The van der Waals surface area contributed by atoms with Gasteiger partial charge in [-0.3, -0.25) is 4.79 Å². The van der Waals surface area contributed by atoms with E-state index in [1.165, 1.54) is 13.2 Å². The lowest BCUT2D eigenvalue weighted by atomic mass is 9.89. The quantitative estimate of drug-likeness (QED) is 0.513. The molecule has 0 aliphatic carbocycles. The fraction of sp³-hybridized carbons (Fsp3) is 0.346. The molecule has 1 aliphatic heterocycles. The molecule has 6 nitrogen and oxygen atoms in total. The van der Waals surface area contributed by atoms with Crippen molar-refractivity contribution in [3.8, 4) is 28.7 Å². The number of methoxy groups -OCH3 is 1. The van der Waals surface area contributed by atoms with Crippen LogP contribution in [0.15, 0.2) is 41.5 Å². The minimum absolute atomic E-state index is 0.00100. The molecule has 3 N–H and O–H groups in total. The van der Waals surface area contributed by atoms with Crippen LogP contribution in [0.1, 0.15) is 67.3 Å². The minimum Gasteiger partial charge on any atom is -0.507 e. The molecule has 1 aliphatic rings. The number of hydrogen-bond donors (Lipinski definition) is 3. The van der Waals surface area contributed by atoms with E-state index < -0.39 is 6.10 Å². The van der Waals surface area contributed by atoms with Crippen LogP contribution in [0, 0.1) is 0 Å². The van der Waals surface area contributed by atoms with E-state index in [2.05, 4.69) is 0 Å². The highest BCUT2D eigenvalue weighted by Crippen LogP contribution is 2.47. The molecule has 0 unspecified atom stereocenters. The summed E-state index contributed by atoms with van der Waals surface area (Å²) in [5, 5.41) is 31.6. The average molecular weight is 439 g/mol. The van der Waals surface area contributed by atoms with Crippen LogP contribution < -0.4 is 9.47 Å². The molecule has 0 fully saturated rings. The molecule has 0 saturated heterocycles. The van der Waals surface area contributed by atoms with Crippen LogP contribution in [0.5, 0.6) is 28.7 Å². The number of Topliss-reactive ketones (excluding diaryl/α,β-unsaturated/α-hetero) is 1. The van der Waals surface area contributed by atoms with Crippen molar-refractivity contribution in [3.63, 3.8) is 0 Å². The van der Waals surface area contributed by atoms with Gasteiger partial charge < -0.3 is 24.8 Å². The van der Waals surface area contributed by atoms with Gasteiger partial charge in [-0.15, -0.1) is 0 Å². The number of rotatable bonds is 6. The standard InChI is InChI=1S/C26H30O6/c1-14(2)6-8-17-16(10-11-22(31-5)25(17)30)23-13-21(29)24-20(28)12-19(27)18(26(24)32-23)9-7-15(3)4/h6-7,10-12,23,27-28,30H,8-9,13H2,1-5H3/t23-/m0/s1. The maximum atomic E-state index is 13.0. The number of phenolic OH excluding ortho intramolecular Hbond substituents is 3. The number of fused-ring (bicyclic) bond motifs is 1. The molecule has 0 spiro atoms. The van der Waals surface area contributed by atoms with Crippen molar-refractivity contribution in [1.29, 1.82) is 0 Å². The Labute approximate surface area is 188 Å². The molecule has 1 heterocycles. The number of phenols is 3. The summed E-state index contributed by atoms with van der Waals surface area (Å²) in [7, 11) is 1.48. The van der Waals surface area contributed by atoms with Crippen LogP contribution in [0.4, 0.5) is 0 Å². The zero-order valence-electron chi connectivity index (χ0n) is 19.2. The van der Waals surface area contributed by atoms with Gasteiger partial charge in [0.15, 0.2) is 17.3 Å². The summed E-state index contributed by atoms with van der Waals surface area (Å²) in [5.74, 6) is -0.181. The molecule has 0 aromatic heterocycles. The summed E-state index contributed by atoms with van der Waals surface area (Å²) >= 11 is 0. The Morgan fingerprint density at radius 1 is 1.03 bits per heavy atom. The number of ether oxygens (including phenoxy) is 2. The van der Waals surface area contributed by atoms with Crippen molar-refractivity contribution in [1.82, 2.24) is 0 Å². The Kier molecular flexibility index (Phi) is 6.82. The molecule has 2 aromatic carbocycles. The van der Waals surface area contributed by atoms with E-state index in [9.17, 15) is 20.1 Å². The molecular weight excluding hydrogens is 408 g/mol. The van der Waals surface area contributed by atoms with Crippen molar-refractivity contribution in [2.45, 2.75) is 53.1 Å². The Hall–Kier alpha value is -3.41. The van der Waals surface area contributed by atoms with Gasteiger partial charge in [-0.25, -0.2) is 0 Å². The summed E-state index contributed by atoms with van der Waals surface area (Å²) < 4.78 is 11.5. The molecule has 2 aromatic rings. The third-order valence-electron chi connectivity index (χ3n) is 5.53. The number of benzene rings is 2. The Bertz CT molecular complexity index is 1100. The highest BCUT2D eigenvalue weighted by atomic mass is 16.5. The van der Waals surface area contributed by atoms with E-state index in [1.54, 1.807) is 12.1 Å². The molecule has 3 rings (SSSR count). The van der Waals surface area contributed by atoms with Crippen molar-refractivity contribution in [2.24, 2.45) is 0 Å². The number of carbonyl (C=O) groups excluding carboxylic acids is 1. The first-order valence-electron chi connectivity index (χ1n) is 10.6. The number of aromatic hydroxyl groups is 3. The zero-order chi connectivity index (χ0) is 23.6. The van der Waals surface area contributed by atoms with Crippen LogP contribution in [0.3, 0.4) is 0 Å². The van der Waals surface area contributed by atoms with Gasteiger partial charge in [-0.05, 0) is 46.6 Å². The molecule has 6 heteroatoms. The van der Waals surface area contributed by atoms with Gasteiger partial charge in [-0.1, -0.05) is 29.4 Å². The summed E-state index contributed by atoms with van der Waals surface area (Å²) in [5.41, 5.74) is 3.94. The van der Waals surface area contributed by atoms with Gasteiger partial charge in [0.2, 0.25) is 0 Å². The summed E-state index contributed by atoms with van der Waals surface area (Å²) in [6.45, 7) is 7.81. The van der Waals surface area contributed by atoms with Crippen LogP contribution in [0.2, 0.25) is 0 Å². The van der Waals surface area contributed by atoms with Crippen LogP contribution in [-0.2, 0) is 12.8 Å². The lowest BCUT2D eigenvalue weighted by molar-refractivity contribution is 0.0841. The van der Waals surface area contributed by atoms with Gasteiger partial charge >= 0.3 is 0 Å². The highest BCUT2D eigenvalue weighted by Gasteiger charge is 2.35. The fourth-order valence-corrected chi connectivity index (χ4v) is 3.82. The largest absolute Gasteiger partial charge is 0.507 e. The van der Waals surface area contributed by atoms with Crippen LogP contribution >= 0.6 is 0 Å². The van der Waals surface area contributed by atoms with E-state index in [4.69, 9.17) is 9.47 Å². The number of hydrogen-bond acceptors (Lipinski definition) is 6. The van der Waals surface area contributed by atoms with E-state index in [-0.39, 0.29) is 40.8 Å². The lowest BCUT2D eigenvalue weighted by Gasteiger charge is -2.29. The van der Waals surface area contributed by atoms with Gasteiger partial charge in [0.25, 0.3) is 0 Å². The first-order valence-corrected chi connectivity index (χ1v) is 10.6. The molecule has 0 amide bonds. The van der Waals surface area contributed by atoms with Gasteiger partial charge in [-0.2, -0.15) is 0 Å². The van der Waals surface area contributed by atoms with Crippen LogP contribution in [0.25, 0.3) is 0 Å². The second-order valence-corrected chi connectivity index (χ2v) is 8.49. The van der Waals surface area contributed by atoms with Crippen molar-refractivity contribution in [3.05, 3.63) is 63.8 Å². The fourth-order valence-electron chi connectivity index (χ4n) is 3.82. The molecule has 0 radical (unpaired) electrons. The maximum absolute atomic E-state index is 13.0. The summed E-state index contributed by atoms with van der Waals surface area (Å²) in [6.07, 6.45) is 4.02. The monoisotopic (exact) mass is 438 g/mol. The topological polar surface area (TPSA) is 96.2 Å². The third-order valence-corrected chi connectivity index (χ3v) is 5.53. The molecule has 0 saturated carbocycles. The predicted molar refractivity (Wildman–Crippen MR) is 123 cm³/mol. The van der Waals surface area contributed by atoms with Gasteiger partial charge in [0.1, 0.15) is 28.9 Å². The third kappa shape index (κ3) is 4.59. The first-order chi connectivity index (χ1) is 15.1. The minimum atomic E-state index is -0.681. The van der Waals surface area contributed by atoms with Crippen LogP contribution in [-0.4, -0.2) is 28.2 Å². The molecule has 170 valence electrons. The highest BCUT2D eigenvalue weighted by molar-refractivity contribution is 6.03. The number of allylic oxidation sites excluding steroid dienone is 4. The first kappa shape index (κ1) is 23.3. The SMILES string of the molecule is COc1ccc([C@@H]2CC(=O)c3c(O)cc(O)c(CC=C(C)C)c3O2)c(CC=C(C)C)c1O. The van der Waals surface area contributed by atoms with Gasteiger partial charge in [0, 0.05) is 22.8 Å². The molecule has 0 bridgehead atoms. The molecule has 32 heavy (non-hydrogen) atoms. The zero-order valence-corrected chi connectivity index (χ0v) is 19.2. The second-order valence-electron chi connectivity index (χ2n) is 8.49. The average Bonchev–Trinajstić information content (AvgIpc) is 2.71. The van der Waals surface area contributed by atoms with E-state index >= 15 is 0 Å². The molecule has 1 atom stereocenters. The Morgan fingerprint density at radius 3 is 2.25 bits per heavy atom. The van der Waals surface area contributed by atoms with Crippen molar-refractivity contribution < 1.29 is 29.6 Å². The number of ketones is 1. The van der Waals surface area contributed by atoms with E-state index in [1.807, 2.05) is 39.8 Å². The Balaban J connectivity index is 2.13. The van der Waals surface area contributed by atoms with E-state index in [0.717, 1.165) is 11.1 Å². The lowest BCUT2D eigenvalue weighted by Crippen LogP contribution is -2.22.